The van der Waals surface area contributed by atoms with Crippen molar-refractivity contribution in [1.82, 2.24) is 14.8 Å². The Kier molecular flexibility index (Phi) is 4.76. The molecule has 1 amide bonds. The van der Waals surface area contributed by atoms with Crippen molar-refractivity contribution < 1.29 is 4.79 Å². The second-order valence-electron chi connectivity index (χ2n) is 5.73. The van der Waals surface area contributed by atoms with Gasteiger partial charge in [-0.1, -0.05) is 36.8 Å². The zero-order valence-electron chi connectivity index (χ0n) is 14.0. The van der Waals surface area contributed by atoms with Crippen LogP contribution in [-0.4, -0.2) is 20.7 Å². The Bertz CT molecular complexity index is 848. The van der Waals surface area contributed by atoms with Crippen molar-refractivity contribution in [3.8, 4) is 0 Å². The van der Waals surface area contributed by atoms with Gasteiger partial charge < -0.3 is 5.32 Å². The van der Waals surface area contributed by atoms with Gasteiger partial charge in [-0.25, -0.2) is 4.98 Å². The highest BCUT2D eigenvalue weighted by Gasteiger charge is 2.16. The molecule has 0 saturated carbocycles. The van der Waals surface area contributed by atoms with E-state index in [1.54, 1.807) is 6.20 Å². The minimum atomic E-state index is -0.118. The minimum absolute atomic E-state index is 0.118. The number of rotatable bonds is 5. The lowest BCUT2D eigenvalue weighted by Gasteiger charge is -2.03. The molecule has 0 unspecified atom stereocenters. The Hall–Kier alpha value is -2.47. The van der Waals surface area contributed by atoms with Crippen molar-refractivity contribution in [2.24, 2.45) is 0 Å². The highest BCUT2D eigenvalue weighted by molar-refractivity contribution is 7.13. The van der Waals surface area contributed by atoms with Gasteiger partial charge in [0.2, 0.25) is 0 Å². The van der Waals surface area contributed by atoms with E-state index < -0.39 is 0 Å². The van der Waals surface area contributed by atoms with Gasteiger partial charge in [-0.2, -0.15) is 5.10 Å². The summed E-state index contributed by atoms with van der Waals surface area (Å²) in [4.78, 5) is 17.5. The molecule has 0 fully saturated rings. The van der Waals surface area contributed by atoms with E-state index in [1.807, 2.05) is 24.7 Å². The predicted octanol–water partition coefficient (Wildman–Crippen LogP) is 3.82. The summed E-state index contributed by atoms with van der Waals surface area (Å²) < 4.78 is 1.82. The fourth-order valence-corrected chi connectivity index (χ4v) is 3.37. The number of nitrogens with zero attached hydrogens (tertiary/aromatic N) is 3. The fraction of sp³-hybridized carbons (Fsp3) is 0.278. The quantitative estimate of drug-likeness (QED) is 0.768. The molecule has 5 nitrogen and oxygen atoms in total. The van der Waals surface area contributed by atoms with E-state index >= 15 is 0 Å². The van der Waals surface area contributed by atoms with E-state index in [0.717, 1.165) is 17.1 Å². The molecule has 2 heterocycles. The van der Waals surface area contributed by atoms with Gasteiger partial charge >= 0.3 is 0 Å². The monoisotopic (exact) mass is 340 g/mol. The van der Waals surface area contributed by atoms with Crippen LogP contribution in [0, 0.1) is 13.8 Å². The van der Waals surface area contributed by atoms with E-state index in [1.165, 1.54) is 22.5 Å². The molecule has 0 aliphatic heterocycles. The molecule has 1 N–H and O–H groups in total. The molecule has 0 aliphatic rings. The first kappa shape index (κ1) is 16.4. The molecule has 24 heavy (non-hydrogen) atoms. The highest BCUT2D eigenvalue weighted by atomic mass is 32.1. The molecule has 0 atom stereocenters. The number of carbonyl (C=O) groups is 1. The van der Waals surface area contributed by atoms with Gasteiger partial charge in [-0.05, 0) is 25.8 Å². The van der Waals surface area contributed by atoms with Crippen molar-refractivity contribution >= 4 is 22.9 Å². The van der Waals surface area contributed by atoms with Crippen molar-refractivity contribution in [2.75, 3.05) is 5.32 Å². The first-order valence-electron chi connectivity index (χ1n) is 7.91. The van der Waals surface area contributed by atoms with Crippen LogP contribution in [0.1, 0.15) is 38.4 Å². The average Bonchev–Trinajstić information content (AvgIpc) is 3.15. The standard InChI is InChI=1S/C18H20N4OS/c1-4-16-17(24-13(3)20-16)18(23)21-15-9-19-22(11-15)10-14-7-5-12(2)6-8-14/h5-9,11H,4,10H2,1-3H3,(H,21,23). The van der Waals surface area contributed by atoms with Gasteiger partial charge in [0.1, 0.15) is 4.88 Å². The number of thiazole rings is 1. The van der Waals surface area contributed by atoms with E-state index in [2.05, 4.69) is 46.6 Å². The second-order valence-corrected chi connectivity index (χ2v) is 6.93. The number of anilines is 1. The summed E-state index contributed by atoms with van der Waals surface area (Å²) in [7, 11) is 0. The number of hydrogen-bond acceptors (Lipinski definition) is 4. The molecular formula is C18H20N4OS. The van der Waals surface area contributed by atoms with E-state index in [0.29, 0.717) is 17.1 Å². The Balaban J connectivity index is 1.69. The number of aryl methyl sites for hydroxylation is 3. The van der Waals surface area contributed by atoms with E-state index in [-0.39, 0.29) is 5.91 Å². The van der Waals surface area contributed by atoms with Gasteiger partial charge in [-0.15, -0.1) is 11.3 Å². The third kappa shape index (κ3) is 3.71. The number of amides is 1. The molecule has 3 aromatic rings. The molecule has 6 heteroatoms. The van der Waals surface area contributed by atoms with Crippen molar-refractivity contribution in [2.45, 2.75) is 33.7 Å². The lowest BCUT2D eigenvalue weighted by molar-refractivity contribution is 0.102. The van der Waals surface area contributed by atoms with Crippen LogP contribution in [0.3, 0.4) is 0 Å². The molecular weight excluding hydrogens is 320 g/mol. The molecule has 124 valence electrons. The smallest absolute Gasteiger partial charge is 0.267 e. The van der Waals surface area contributed by atoms with Crippen LogP contribution >= 0.6 is 11.3 Å². The number of benzene rings is 1. The van der Waals surface area contributed by atoms with Gasteiger partial charge in [0.05, 0.1) is 29.1 Å². The third-order valence-corrected chi connectivity index (χ3v) is 4.71. The first-order chi connectivity index (χ1) is 11.5. The van der Waals surface area contributed by atoms with Crippen LogP contribution in [0.2, 0.25) is 0 Å². The molecule has 2 aromatic heterocycles. The van der Waals surface area contributed by atoms with Crippen molar-refractivity contribution in [3.05, 3.63) is 63.4 Å². The zero-order valence-corrected chi connectivity index (χ0v) is 14.9. The molecule has 0 spiro atoms. The summed E-state index contributed by atoms with van der Waals surface area (Å²) in [5, 5.41) is 8.14. The Morgan fingerprint density at radius 2 is 2.00 bits per heavy atom. The van der Waals surface area contributed by atoms with Crippen molar-refractivity contribution in [1.29, 1.82) is 0 Å². The maximum atomic E-state index is 12.4. The number of carbonyl (C=O) groups excluding carboxylic acids is 1. The summed E-state index contributed by atoms with van der Waals surface area (Å²) >= 11 is 1.43. The summed E-state index contributed by atoms with van der Waals surface area (Å²) in [6.45, 7) is 6.66. The van der Waals surface area contributed by atoms with Crippen LogP contribution in [0.15, 0.2) is 36.7 Å². The number of nitrogens with one attached hydrogen (secondary N) is 1. The third-order valence-electron chi connectivity index (χ3n) is 3.70. The zero-order chi connectivity index (χ0) is 17.1. The van der Waals surface area contributed by atoms with Gasteiger partial charge in [0.25, 0.3) is 5.91 Å². The summed E-state index contributed by atoms with van der Waals surface area (Å²) in [6, 6.07) is 8.34. The summed E-state index contributed by atoms with van der Waals surface area (Å²) in [5.74, 6) is -0.118. The molecule has 3 rings (SSSR count). The molecule has 0 saturated heterocycles. The van der Waals surface area contributed by atoms with Crippen LogP contribution in [-0.2, 0) is 13.0 Å². The van der Waals surface area contributed by atoms with E-state index in [4.69, 9.17) is 0 Å². The molecule has 0 bridgehead atoms. The lowest BCUT2D eigenvalue weighted by atomic mass is 10.1. The fourth-order valence-electron chi connectivity index (χ4n) is 2.47. The minimum Gasteiger partial charge on any atom is -0.319 e. The Morgan fingerprint density at radius 1 is 1.25 bits per heavy atom. The Morgan fingerprint density at radius 3 is 2.71 bits per heavy atom. The maximum Gasteiger partial charge on any atom is 0.267 e. The van der Waals surface area contributed by atoms with Crippen LogP contribution in [0.4, 0.5) is 5.69 Å². The lowest BCUT2D eigenvalue weighted by Crippen LogP contribution is -2.11. The highest BCUT2D eigenvalue weighted by Crippen LogP contribution is 2.20. The topological polar surface area (TPSA) is 59.8 Å². The van der Waals surface area contributed by atoms with Gasteiger partial charge in [-0.3, -0.25) is 9.48 Å². The maximum absolute atomic E-state index is 12.4. The van der Waals surface area contributed by atoms with Gasteiger partial charge in [0.15, 0.2) is 0 Å². The Labute approximate surface area is 145 Å². The summed E-state index contributed by atoms with van der Waals surface area (Å²) in [6.07, 6.45) is 4.27. The predicted molar refractivity (Wildman–Crippen MR) is 96.7 cm³/mol. The van der Waals surface area contributed by atoms with Gasteiger partial charge in [0, 0.05) is 6.20 Å². The van der Waals surface area contributed by atoms with Crippen LogP contribution in [0.5, 0.6) is 0 Å². The average molecular weight is 340 g/mol. The van der Waals surface area contributed by atoms with Crippen LogP contribution in [0.25, 0.3) is 0 Å². The number of hydrogen-bond donors (Lipinski definition) is 1. The molecule has 1 aromatic carbocycles. The van der Waals surface area contributed by atoms with Crippen molar-refractivity contribution in [3.63, 3.8) is 0 Å². The molecule has 0 radical (unpaired) electrons. The summed E-state index contributed by atoms with van der Waals surface area (Å²) in [5.41, 5.74) is 3.95. The largest absolute Gasteiger partial charge is 0.319 e. The normalized spacial score (nSPS) is 10.8. The number of aromatic nitrogens is 3. The van der Waals surface area contributed by atoms with Crippen LogP contribution < -0.4 is 5.32 Å². The van der Waals surface area contributed by atoms with E-state index in [9.17, 15) is 4.79 Å². The second kappa shape index (κ2) is 6.97. The SMILES string of the molecule is CCc1nc(C)sc1C(=O)Nc1cnn(Cc2ccc(C)cc2)c1. The molecule has 0 aliphatic carbocycles. The first-order valence-corrected chi connectivity index (χ1v) is 8.72.